The maximum atomic E-state index is 12.1. The van der Waals surface area contributed by atoms with E-state index < -0.39 is 28.9 Å². The second-order valence-corrected chi connectivity index (χ2v) is 5.01. The minimum Gasteiger partial charge on any atom is -0.449 e. The summed E-state index contributed by atoms with van der Waals surface area (Å²) in [5.41, 5.74) is -0.106. The van der Waals surface area contributed by atoms with Gasteiger partial charge in [0.25, 0.3) is 11.6 Å². The zero-order valence-electron chi connectivity index (χ0n) is 13.1. The van der Waals surface area contributed by atoms with Crippen LogP contribution >= 0.6 is 0 Å². The average Bonchev–Trinajstić information content (AvgIpc) is 2.99. The molecular formula is C14H16N4O6. The number of ether oxygens (including phenoxy) is 1. The number of imide groups is 1. The Balaban J connectivity index is 2.11. The fraction of sp³-hybridized carbons (Fsp3) is 0.357. The molecule has 10 heteroatoms. The lowest BCUT2D eigenvalue weighted by atomic mass is 10.1. The SMILES string of the molecule is CNc1ccc(C(=O)O[C@H](C)C(=O)N2CCNC2=O)cc1[N+](=O)[O-]. The van der Waals surface area contributed by atoms with Crippen molar-refractivity contribution in [1.29, 1.82) is 0 Å². The highest BCUT2D eigenvalue weighted by atomic mass is 16.6. The summed E-state index contributed by atoms with van der Waals surface area (Å²) in [6.07, 6.45) is -1.19. The molecule has 0 unspecified atom stereocenters. The molecule has 0 aromatic heterocycles. The Kier molecular flexibility index (Phi) is 4.97. The van der Waals surface area contributed by atoms with Crippen LogP contribution < -0.4 is 10.6 Å². The number of urea groups is 1. The molecule has 0 bridgehead atoms. The number of nitrogens with zero attached hydrogens (tertiary/aromatic N) is 2. The summed E-state index contributed by atoms with van der Waals surface area (Å²) in [6.45, 7) is 1.87. The van der Waals surface area contributed by atoms with Crippen molar-refractivity contribution in [2.45, 2.75) is 13.0 Å². The van der Waals surface area contributed by atoms with E-state index in [9.17, 15) is 24.5 Å². The minimum absolute atomic E-state index is 0.0637. The van der Waals surface area contributed by atoms with Gasteiger partial charge in [-0.25, -0.2) is 9.59 Å². The van der Waals surface area contributed by atoms with E-state index in [4.69, 9.17) is 4.74 Å². The molecule has 128 valence electrons. The zero-order valence-corrected chi connectivity index (χ0v) is 13.1. The number of anilines is 1. The highest BCUT2D eigenvalue weighted by Crippen LogP contribution is 2.25. The second-order valence-electron chi connectivity index (χ2n) is 5.01. The zero-order chi connectivity index (χ0) is 17.9. The number of nitro groups is 1. The number of benzene rings is 1. The predicted octanol–water partition coefficient (Wildman–Crippen LogP) is 0.734. The molecule has 1 atom stereocenters. The van der Waals surface area contributed by atoms with E-state index in [0.29, 0.717) is 6.54 Å². The van der Waals surface area contributed by atoms with E-state index in [0.717, 1.165) is 11.0 Å². The van der Waals surface area contributed by atoms with E-state index in [1.54, 1.807) is 0 Å². The Morgan fingerprint density at radius 1 is 1.46 bits per heavy atom. The monoisotopic (exact) mass is 336 g/mol. The van der Waals surface area contributed by atoms with Gasteiger partial charge >= 0.3 is 12.0 Å². The summed E-state index contributed by atoms with van der Waals surface area (Å²) in [6, 6.07) is 3.24. The Labute approximate surface area is 136 Å². The normalized spacial score (nSPS) is 14.8. The maximum Gasteiger partial charge on any atom is 0.339 e. The van der Waals surface area contributed by atoms with Crippen LogP contribution in [0.4, 0.5) is 16.2 Å². The fourth-order valence-corrected chi connectivity index (χ4v) is 2.20. The van der Waals surface area contributed by atoms with Gasteiger partial charge in [0.2, 0.25) is 0 Å². The van der Waals surface area contributed by atoms with Crippen LogP contribution in [0.15, 0.2) is 18.2 Å². The summed E-state index contributed by atoms with van der Waals surface area (Å²) in [7, 11) is 1.52. The van der Waals surface area contributed by atoms with Crippen molar-refractivity contribution in [2.75, 3.05) is 25.5 Å². The summed E-state index contributed by atoms with van der Waals surface area (Å²) in [5.74, 6) is -1.54. The largest absolute Gasteiger partial charge is 0.449 e. The predicted molar refractivity (Wildman–Crippen MR) is 82.6 cm³/mol. The molecule has 10 nitrogen and oxygen atoms in total. The lowest BCUT2D eigenvalue weighted by Gasteiger charge is -2.18. The lowest BCUT2D eigenvalue weighted by molar-refractivity contribution is -0.384. The van der Waals surface area contributed by atoms with Gasteiger partial charge in [-0.05, 0) is 19.1 Å². The van der Waals surface area contributed by atoms with E-state index in [-0.39, 0.29) is 23.5 Å². The number of nitro benzene ring substituents is 1. The number of esters is 1. The van der Waals surface area contributed by atoms with Gasteiger partial charge in [-0.15, -0.1) is 0 Å². The first-order valence-electron chi connectivity index (χ1n) is 7.11. The van der Waals surface area contributed by atoms with Crippen LogP contribution in [-0.2, 0) is 9.53 Å². The van der Waals surface area contributed by atoms with E-state index in [1.807, 2.05) is 0 Å². The van der Waals surface area contributed by atoms with E-state index in [2.05, 4.69) is 10.6 Å². The van der Waals surface area contributed by atoms with E-state index >= 15 is 0 Å². The van der Waals surface area contributed by atoms with Crippen LogP contribution in [0.25, 0.3) is 0 Å². The molecule has 24 heavy (non-hydrogen) atoms. The first-order chi connectivity index (χ1) is 11.3. The number of hydrogen-bond donors (Lipinski definition) is 2. The van der Waals surface area contributed by atoms with Gasteiger partial charge in [0, 0.05) is 26.2 Å². The summed E-state index contributed by atoms with van der Waals surface area (Å²) < 4.78 is 5.01. The smallest absolute Gasteiger partial charge is 0.339 e. The third kappa shape index (κ3) is 3.42. The lowest BCUT2D eigenvalue weighted by Crippen LogP contribution is -2.41. The van der Waals surface area contributed by atoms with Gasteiger partial charge in [0.1, 0.15) is 5.69 Å². The fourth-order valence-electron chi connectivity index (χ4n) is 2.20. The van der Waals surface area contributed by atoms with Crippen molar-refractivity contribution in [1.82, 2.24) is 10.2 Å². The number of hydrogen-bond acceptors (Lipinski definition) is 7. The molecule has 1 aliphatic rings. The minimum atomic E-state index is -1.19. The molecular weight excluding hydrogens is 320 g/mol. The Hall–Kier alpha value is -3.17. The molecule has 1 fully saturated rings. The highest BCUT2D eigenvalue weighted by molar-refractivity contribution is 5.99. The number of amides is 3. The summed E-state index contributed by atoms with van der Waals surface area (Å²) >= 11 is 0. The Morgan fingerprint density at radius 2 is 2.17 bits per heavy atom. The third-order valence-electron chi connectivity index (χ3n) is 3.45. The van der Waals surface area contributed by atoms with Crippen molar-refractivity contribution in [3.8, 4) is 0 Å². The molecule has 0 saturated carbocycles. The second kappa shape index (κ2) is 6.94. The molecule has 1 saturated heterocycles. The molecule has 1 aromatic carbocycles. The quantitative estimate of drug-likeness (QED) is 0.460. The van der Waals surface area contributed by atoms with Crippen molar-refractivity contribution in [2.24, 2.45) is 0 Å². The summed E-state index contributed by atoms with van der Waals surface area (Å²) in [4.78, 5) is 46.9. The highest BCUT2D eigenvalue weighted by Gasteiger charge is 2.32. The van der Waals surface area contributed by atoms with Gasteiger partial charge < -0.3 is 15.4 Å². The van der Waals surface area contributed by atoms with Crippen molar-refractivity contribution >= 4 is 29.3 Å². The van der Waals surface area contributed by atoms with E-state index in [1.165, 1.54) is 26.1 Å². The molecule has 2 rings (SSSR count). The third-order valence-corrected chi connectivity index (χ3v) is 3.45. The molecule has 2 N–H and O–H groups in total. The van der Waals surface area contributed by atoms with Crippen molar-refractivity contribution < 1.29 is 24.0 Å². The van der Waals surface area contributed by atoms with Crippen molar-refractivity contribution in [3.05, 3.63) is 33.9 Å². The van der Waals surface area contributed by atoms with Crippen LogP contribution in [0, 0.1) is 10.1 Å². The first kappa shape index (κ1) is 17.2. The standard InChI is InChI=1S/C14H16N4O6/c1-8(12(19)17-6-5-16-14(17)21)24-13(20)9-3-4-10(15-2)11(7-9)18(22)23/h3-4,7-8,15H,5-6H2,1-2H3,(H,16,21)/t8-/m1/s1. The van der Waals surface area contributed by atoms with Gasteiger partial charge in [0.15, 0.2) is 6.10 Å². The molecule has 3 amide bonds. The molecule has 0 radical (unpaired) electrons. The molecule has 0 spiro atoms. The van der Waals surface area contributed by atoms with Gasteiger partial charge in [-0.2, -0.15) is 0 Å². The number of nitrogens with one attached hydrogen (secondary N) is 2. The van der Waals surface area contributed by atoms with Crippen LogP contribution in [0.5, 0.6) is 0 Å². The average molecular weight is 336 g/mol. The van der Waals surface area contributed by atoms with Crippen molar-refractivity contribution in [3.63, 3.8) is 0 Å². The molecule has 1 aliphatic heterocycles. The molecule has 0 aliphatic carbocycles. The first-order valence-corrected chi connectivity index (χ1v) is 7.11. The Morgan fingerprint density at radius 3 is 2.71 bits per heavy atom. The topological polar surface area (TPSA) is 131 Å². The molecule has 1 aromatic rings. The van der Waals surface area contributed by atoms with Crippen LogP contribution in [0.2, 0.25) is 0 Å². The molecule has 1 heterocycles. The number of carbonyl (C=O) groups excluding carboxylic acids is 3. The van der Waals surface area contributed by atoms with Gasteiger partial charge in [0.05, 0.1) is 10.5 Å². The maximum absolute atomic E-state index is 12.1. The van der Waals surface area contributed by atoms with Gasteiger partial charge in [-0.3, -0.25) is 19.8 Å². The van der Waals surface area contributed by atoms with Crippen LogP contribution in [-0.4, -0.2) is 54.0 Å². The van der Waals surface area contributed by atoms with Crippen LogP contribution in [0.3, 0.4) is 0 Å². The van der Waals surface area contributed by atoms with Gasteiger partial charge in [-0.1, -0.05) is 0 Å². The summed E-state index contributed by atoms with van der Waals surface area (Å²) in [5, 5.41) is 16.1. The number of carbonyl (C=O) groups is 3. The van der Waals surface area contributed by atoms with Crippen LogP contribution in [0.1, 0.15) is 17.3 Å². The number of rotatable bonds is 5. The Bertz CT molecular complexity index is 705.